The molecule has 0 fully saturated rings. The Kier molecular flexibility index (Phi) is 4.06. The highest BCUT2D eigenvalue weighted by Gasteiger charge is 2.07. The van der Waals surface area contributed by atoms with Crippen LogP contribution in [0.15, 0.2) is 46.8 Å². The van der Waals surface area contributed by atoms with Crippen LogP contribution >= 0.6 is 22.7 Å². The van der Waals surface area contributed by atoms with E-state index in [0.29, 0.717) is 12.8 Å². The maximum absolute atomic E-state index is 10.6. The van der Waals surface area contributed by atoms with Gasteiger partial charge in [-0.15, -0.1) is 22.7 Å². The second-order valence-corrected chi connectivity index (χ2v) is 5.65. The van der Waals surface area contributed by atoms with E-state index in [9.17, 15) is 10.1 Å². The molecule has 0 amide bonds. The monoisotopic (exact) mass is 265 g/mol. The van der Waals surface area contributed by atoms with Crippen molar-refractivity contribution in [2.24, 2.45) is 0 Å². The summed E-state index contributed by atoms with van der Waals surface area (Å²) in [5, 5.41) is 14.6. The minimum Gasteiger partial charge on any atom is -0.259 e. The van der Waals surface area contributed by atoms with Gasteiger partial charge in [0, 0.05) is 28.2 Å². The Balaban J connectivity index is 2.11. The van der Waals surface area contributed by atoms with Crippen LogP contribution in [0.2, 0.25) is 0 Å². The Morgan fingerprint density at radius 1 is 1.18 bits per heavy atom. The Morgan fingerprint density at radius 3 is 2.06 bits per heavy atom. The van der Waals surface area contributed by atoms with Gasteiger partial charge in [0.15, 0.2) is 0 Å². The van der Waals surface area contributed by atoms with Gasteiger partial charge in [-0.2, -0.15) is 0 Å². The van der Waals surface area contributed by atoms with Crippen LogP contribution in [0.5, 0.6) is 0 Å². The summed E-state index contributed by atoms with van der Waals surface area (Å²) in [5.41, 5.74) is 0.847. The normalized spacial score (nSPS) is 10.1. The zero-order chi connectivity index (χ0) is 12.1. The number of nitro groups is 1. The standard InChI is InChI=1S/C12H11NO2S2/c14-13(15)9-10(7-11-3-1-5-16-11)8-12-4-2-6-17-12/h1-6,9H,7-8H2. The van der Waals surface area contributed by atoms with Crippen molar-refractivity contribution in [3.05, 3.63) is 66.7 Å². The van der Waals surface area contributed by atoms with E-state index < -0.39 is 0 Å². The summed E-state index contributed by atoms with van der Waals surface area (Å²) in [6, 6.07) is 7.95. The molecular weight excluding hydrogens is 254 g/mol. The third-order valence-corrected chi connectivity index (χ3v) is 4.00. The minimum atomic E-state index is -0.365. The van der Waals surface area contributed by atoms with Crippen LogP contribution in [0.25, 0.3) is 0 Å². The first-order chi connectivity index (χ1) is 8.24. The number of hydrogen-bond acceptors (Lipinski definition) is 4. The van der Waals surface area contributed by atoms with Crippen LogP contribution in [-0.2, 0) is 12.8 Å². The molecule has 0 bridgehead atoms. The van der Waals surface area contributed by atoms with E-state index in [-0.39, 0.29) is 4.92 Å². The fourth-order valence-corrected chi connectivity index (χ4v) is 3.09. The molecule has 0 aliphatic heterocycles. The van der Waals surface area contributed by atoms with Gasteiger partial charge < -0.3 is 0 Å². The lowest BCUT2D eigenvalue weighted by atomic mass is 10.1. The lowest BCUT2D eigenvalue weighted by Crippen LogP contribution is -1.97. The predicted octanol–water partition coefficient (Wildman–Crippen LogP) is 3.76. The summed E-state index contributed by atoms with van der Waals surface area (Å²) >= 11 is 3.26. The fraction of sp³-hybridized carbons (Fsp3) is 0.167. The van der Waals surface area contributed by atoms with Crippen LogP contribution in [0.1, 0.15) is 9.75 Å². The lowest BCUT2D eigenvalue weighted by molar-refractivity contribution is -0.403. The SMILES string of the molecule is O=[N+]([O-])C=C(Cc1cccs1)Cc1cccs1. The molecule has 2 heterocycles. The van der Waals surface area contributed by atoms with Gasteiger partial charge in [0.05, 0.1) is 4.92 Å². The summed E-state index contributed by atoms with van der Waals surface area (Å²) in [5.74, 6) is 0. The molecule has 3 nitrogen and oxygen atoms in total. The summed E-state index contributed by atoms with van der Waals surface area (Å²) in [7, 11) is 0. The molecule has 5 heteroatoms. The zero-order valence-electron chi connectivity index (χ0n) is 9.04. The molecule has 0 atom stereocenters. The highest BCUT2D eigenvalue weighted by Crippen LogP contribution is 2.20. The van der Waals surface area contributed by atoms with Gasteiger partial charge in [-0.1, -0.05) is 12.1 Å². The van der Waals surface area contributed by atoms with E-state index in [0.717, 1.165) is 21.5 Å². The maximum atomic E-state index is 10.6. The second-order valence-electron chi connectivity index (χ2n) is 3.58. The maximum Gasteiger partial charge on any atom is 0.234 e. The molecule has 0 radical (unpaired) electrons. The molecular formula is C12H11NO2S2. The first-order valence-corrected chi connectivity index (χ1v) is 6.88. The molecule has 0 unspecified atom stereocenters. The lowest BCUT2D eigenvalue weighted by Gasteiger charge is -2.01. The van der Waals surface area contributed by atoms with Crippen molar-refractivity contribution in [1.82, 2.24) is 0 Å². The van der Waals surface area contributed by atoms with Gasteiger partial charge in [0.2, 0.25) is 6.20 Å². The average molecular weight is 265 g/mol. The first-order valence-electron chi connectivity index (χ1n) is 5.12. The van der Waals surface area contributed by atoms with Crippen LogP contribution < -0.4 is 0 Å². The summed E-state index contributed by atoms with van der Waals surface area (Å²) in [6.07, 6.45) is 2.46. The Labute approximate surface area is 107 Å². The highest BCUT2D eigenvalue weighted by molar-refractivity contribution is 7.10. The molecule has 0 spiro atoms. The first kappa shape index (κ1) is 12.0. The minimum absolute atomic E-state index is 0.365. The van der Waals surface area contributed by atoms with Gasteiger partial charge in [-0.25, -0.2) is 0 Å². The molecule has 0 aliphatic rings. The molecule has 0 N–H and O–H groups in total. The van der Waals surface area contributed by atoms with Gasteiger partial charge in [-0.05, 0) is 22.9 Å². The molecule has 0 aliphatic carbocycles. The third-order valence-electron chi connectivity index (χ3n) is 2.25. The van der Waals surface area contributed by atoms with Crippen molar-refractivity contribution in [3.63, 3.8) is 0 Å². The van der Waals surface area contributed by atoms with Crippen molar-refractivity contribution in [2.75, 3.05) is 0 Å². The molecule has 0 saturated heterocycles. The van der Waals surface area contributed by atoms with Crippen molar-refractivity contribution < 1.29 is 4.92 Å². The Morgan fingerprint density at radius 2 is 1.71 bits per heavy atom. The summed E-state index contributed by atoms with van der Waals surface area (Å²) < 4.78 is 0. The van der Waals surface area contributed by atoms with Crippen molar-refractivity contribution in [1.29, 1.82) is 0 Å². The van der Waals surface area contributed by atoms with Gasteiger partial charge in [-0.3, -0.25) is 10.1 Å². The van der Waals surface area contributed by atoms with Gasteiger partial charge in [0.1, 0.15) is 0 Å². The molecule has 2 aromatic heterocycles. The van der Waals surface area contributed by atoms with Crippen LogP contribution in [0.3, 0.4) is 0 Å². The number of thiophene rings is 2. The summed E-state index contributed by atoms with van der Waals surface area (Å²) in [6.45, 7) is 0. The van der Waals surface area contributed by atoms with Crippen LogP contribution in [0, 0.1) is 10.1 Å². The molecule has 2 aromatic rings. The van der Waals surface area contributed by atoms with Gasteiger partial charge >= 0.3 is 0 Å². The predicted molar refractivity (Wildman–Crippen MR) is 71.1 cm³/mol. The largest absolute Gasteiger partial charge is 0.259 e. The van der Waals surface area contributed by atoms with E-state index in [1.54, 1.807) is 22.7 Å². The summed E-state index contributed by atoms with van der Waals surface area (Å²) in [4.78, 5) is 12.6. The quantitative estimate of drug-likeness (QED) is 0.610. The number of rotatable bonds is 5. The Bertz CT molecular complexity index is 462. The molecule has 0 aromatic carbocycles. The number of allylic oxidation sites excluding steroid dienone is 1. The topological polar surface area (TPSA) is 43.1 Å². The smallest absolute Gasteiger partial charge is 0.234 e. The molecule has 17 heavy (non-hydrogen) atoms. The molecule has 2 rings (SSSR count). The van der Waals surface area contributed by atoms with E-state index >= 15 is 0 Å². The van der Waals surface area contributed by atoms with Crippen LogP contribution in [-0.4, -0.2) is 4.92 Å². The van der Waals surface area contributed by atoms with Crippen molar-refractivity contribution >= 4 is 22.7 Å². The van der Waals surface area contributed by atoms with E-state index in [1.165, 1.54) is 0 Å². The average Bonchev–Trinajstić information content (AvgIpc) is 2.89. The fourth-order valence-electron chi connectivity index (χ4n) is 1.58. The molecule has 88 valence electrons. The second kappa shape index (κ2) is 5.75. The van der Waals surface area contributed by atoms with Crippen molar-refractivity contribution in [3.8, 4) is 0 Å². The van der Waals surface area contributed by atoms with Crippen LogP contribution in [0.4, 0.5) is 0 Å². The number of nitrogens with zero attached hydrogens (tertiary/aromatic N) is 1. The van der Waals surface area contributed by atoms with Gasteiger partial charge in [0.25, 0.3) is 0 Å². The van der Waals surface area contributed by atoms with E-state index in [4.69, 9.17) is 0 Å². The van der Waals surface area contributed by atoms with E-state index in [1.807, 2.05) is 35.0 Å². The number of hydrogen-bond donors (Lipinski definition) is 0. The Hall–Kier alpha value is -1.46. The zero-order valence-corrected chi connectivity index (χ0v) is 10.7. The van der Waals surface area contributed by atoms with E-state index in [2.05, 4.69) is 0 Å². The highest BCUT2D eigenvalue weighted by atomic mass is 32.1. The molecule has 0 saturated carbocycles. The third kappa shape index (κ3) is 3.80. The van der Waals surface area contributed by atoms with Crippen molar-refractivity contribution in [2.45, 2.75) is 12.8 Å².